The molecule has 107 valence electrons. The second-order valence-corrected chi connectivity index (χ2v) is 3.70. The molecule has 0 aromatic heterocycles. The van der Waals surface area contributed by atoms with Crippen LogP contribution in [0, 0.1) is 0 Å². The molecule has 0 aliphatic carbocycles. The van der Waals surface area contributed by atoms with Gasteiger partial charge in [0.15, 0.2) is 0 Å². The van der Waals surface area contributed by atoms with Gasteiger partial charge in [-0.15, -0.1) is 0 Å². The van der Waals surface area contributed by atoms with E-state index < -0.39 is 11.9 Å². The van der Waals surface area contributed by atoms with E-state index in [4.69, 9.17) is 10.2 Å². The predicted octanol–water partition coefficient (Wildman–Crippen LogP) is 3.30. The molecule has 0 saturated carbocycles. The molecule has 0 aliphatic rings. The fourth-order valence-electron chi connectivity index (χ4n) is 1.05. The number of rotatable bonds is 8. The van der Waals surface area contributed by atoms with Crippen LogP contribution in [0.5, 0.6) is 0 Å². The average molecular weight is 296 g/mol. The van der Waals surface area contributed by atoms with Crippen molar-refractivity contribution in [3.8, 4) is 0 Å². The van der Waals surface area contributed by atoms with Crippen LogP contribution in [-0.2, 0) is 26.7 Å². The van der Waals surface area contributed by atoms with Gasteiger partial charge in [-0.25, -0.2) is 0 Å². The number of hydrogen-bond acceptors (Lipinski definition) is 2. The van der Waals surface area contributed by atoms with Crippen LogP contribution < -0.4 is 0 Å². The summed E-state index contributed by atoms with van der Waals surface area (Å²) in [5.74, 6) is -1.36. The molecule has 17 heavy (non-hydrogen) atoms. The van der Waals surface area contributed by atoms with E-state index in [-0.39, 0.29) is 17.1 Å². The van der Waals surface area contributed by atoms with Crippen LogP contribution in [0.1, 0.15) is 65.2 Å². The molecule has 0 atom stereocenters. The zero-order chi connectivity index (χ0) is 12.8. The first kappa shape index (κ1) is 21.7. The van der Waals surface area contributed by atoms with Gasteiger partial charge in [0.25, 0.3) is 0 Å². The van der Waals surface area contributed by atoms with Gasteiger partial charge in [0.2, 0.25) is 0 Å². The van der Waals surface area contributed by atoms with E-state index in [1.807, 2.05) is 0 Å². The normalized spacial score (nSPS) is 8.59. The Morgan fingerprint density at radius 3 is 1.24 bits per heavy atom. The molecule has 0 unspecified atom stereocenters. The molecule has 2 N–H and O–H groups in total. The van der Waals surface area contributed by atoms with Crippen molar-refractivity contribution >= 4 is 11.9 Å². The Morgan fingerprint density at radius 1 is 0.765 bits per heavy atom. The summed E-state index contributed by atoms with van der Waals surface area (Å²) < 4.78 is 0. The minimum Gasteiger partial charge on any atom is -0.481 e. The number of hydrogen-bond donors (Lipinski definition) is 2. The molecule has 0 rings (SSSR count). The van der Waals surface area contributed by atoms with Gasteiger partial charge in [0.05, 0.1) is 0 Å². The van der Waals surface area contributed by atoms with E-state index in [0.29, 0.717) is 12.8 Å². The van der Waals surface area contributed by atoms with Crippen molar-refractivity contribution in [3.63, 3.8) is 0 Å². The van der Waals surface area contributed by atoms with Crippen molar-refractivity contribution in [1.29, 1.82) is 0 Å². The summed E-state index contributed by atoms with van der Waals surface area (Å²) in [7, 11) is 0. The molecule has 0 aliphatic heterocycles. The third-order valence-corrected chi connectivity index (χ3v) is 1.99. The predicted molar refractivity (Wildman–Crippen MR) is 63.6 cm³/mol. The third kappa shape index (κ3) is 31.3. The molecular formula is C12H24CuO4. The summed E-state index contributed by atoms with van der Waals surface area (Å²) in [6, 6.07) is 0. The van der Waals surface area contributed by atoms with E-state index in [2.05, 4.69) is 13.8 Å². The van der Waals surface area contributed by atoms with Crippen LogP contribution >= 0.6 is 0 Å². The minimum atomic E-state index is -0.682. The molecule has 0 fully saturated rings. The van der Waals surface area contributed by atoms with E-state index in [0.717, 1.165) is 38.5 Å². The van der Waals surface area contributed by atoms with E-state index in [1.54, 1.807) is 0 Å². The number of carbonyl (C=O) groups is 2. The first-order valence-corrected chi connectivity index (χ1v) is 5.98. The number of aliphatic carboxylic acids is 2. The average Bonchev–Trinajstić information content (AvgIpc) is 2.18. The molecule has 1 radical (unpaired) electrons. The van der Waals surface area contributed by atoms with Crippen molar-refractivity contribution < 1.29 is 36.9 Å². The third-order valence-electron chi connectivity index (χ3n) is 1.99. The largest absolute Gasteiger partial charge is 0.481 e. The van der Waals surface area contributed by atoms with E-state index in [1.165, 1.54) is 0 Å². The van der Waals surface area contributed by atoms with Crippen molar-refractivity contribution in [2.45, 2.75) is 65.2 Å². The summed E-state index contributed by atoms with van der Waals surface area (Å²) in [5, 5.41) is 16.3. The standard InChI is InChI=1S/2C6H12O2.Cu/c2*1-2-3-4-5-6(7)8;/h2*2-5H2,1H3,(H,7,8);. The van der Waals surface area contributed by atoms with Crippen molar-refractivity contribution in [1.82, 2.24) is 0 Å². The summed E-state index contributed by atoms with van der Waals surface area (Å²) in [4.78, 5) is 19.7. The minimum absolute atomic E-state index is 0. The fraction of sp³-hybridized carbons (Fsp3) is 0.833. The van der Waals surface area contributed by atoms with Gasteiger partial charge in [-0.2, -0.15) is 0 Å². The molecule has 0 bridgehead atoms. The molecule has 5 heteroatoms. The molecular weight excluding hydrogens is 272 g/mol. The van der Waals surface area contributed by atoms with E-state index in [9.17, 15) is 9.59 Å². The Morgan fingerprint density at radius 2 is 1.06 bits per heavy atom. The molecule has 0 saturated heterocycles. The van der Waals surface area contributed by atoms with Crippen molar-refractivity contribution in [2.24, 2.45) is 0 Å². The van der Waals surface area contributed by atoms with Gasteiger partial charge in [-0.05, 0) is 12.8 Å². The zero-order valence-corrected chi connectivity index (χ0v) is 11.6. The Hall–Kier alpha value is -0.541. The van der Waals surface area contributed by atoms with Crippen molar-refractivity contribution in [2.75, 3.05) is 0 Å². The van der Waals surface area contributed by atoms with Crippen LogP contribution in [-0.4, -0.2) is 22.2 Å². The Kier molecular flexibility index (Phi) is 22.8. The fourth-order valence-corrected chi connectivity index (χ4v) is 1.05. The summed E-state index contributed by atoms with van der Waals surface area (Å²) in [5.41, 5.74) is 0. The maximum absolute atomic E-state index is 9.87. The van der Waals surface area contributed by atoms with Gasteiger partial charge in [-0.3, -0.25) is 9.59 Å². The van der Waals surface area contributed by atoms with Crippen molar-refractivity contribution in [3.05, 3.63) is 0 Å². The van der Waals surface area contributed by atoms with Crippen LogP contribution in [0.3, 0.4) is 0 Å². The van der Waals surface area contributed by atoms with Gasteiger partial charge in [-0.1, -0.05) is 39.5 Å². The van der Waals surface area contributed by atoms with Gasteiger partial charge < -0.3 is 10.2 Å². The molecule has 0 heterocycles. The topological polar surface area (TPSA) is 74.6 Å². The quantitative estimate of drug-likeness (QED) is 0.532. The maximum Gasteiger partial charge on any atom is 0.303 e. The Bertz CT molecular complexity index is 163. The molecule has 4 nitrogen and oxygen atoms in total. The van der Waals surface area contributed by atoms with Crippen LogP contribution in [0.2, 0.25) is 0 Å². The molecule has 0 spiro atoms. The van der Waals surface area contributed by atoms with Gasteiger partial charge in [0, 0.05) is 29.9 Å². The van der Waals surface area contributed by atoms with Crippen LogP contribution in [0.15, 0.2) is 0 Å². The zero-order valence-electron chi connectivity index (χ0n) is 10.7. The molecule has 0 aromatic rings. The van der Waals surface area contributed by atoms with Crippen LogP contribution in [0.25, 0.3) is 0 Å². The summed E-state index contributed by atoms with van der Waals surface area (Å²) in [6.45, 7) is 4.11. The second-order valence-electron chi connectivity index (χ2n) is 3.70. The SMILES string of the molecule is CCCCCC(=O)O.CCCCCC(=O)O.[Cu]. The van der Waals surface area contributed by atoms with Crippen LogP contribution in [0.4, 0.5) is 0 Å². The summed E-state index contributed by atoms with van der Waals surface area (Å²) in [6.07, 6.45) is 6.55. The number of carboxylic acids is 2. The Labute approximate surface area is 114 Å². The summed E-state index contributed by atoms with van der Waals surface area (Å²) >= 11 is 0. The molecule has 0 aromatic carbocycles. The number of carboxylic acid groups (broad SMARTS) is 2. The van der Waals surface area contributed by atoms with Gasteiger partial charge in [0.1, 0.15) is 0 Å². The molecule has 0 amide bonds. The van der Waals surface area contributed by atoms with E-state index >= 15 is 0 Å². The first-order valence-electron chi connectivity index (χ1n) is 5.98. The maximum atomic E-state index is 9.87. The Balaban J connectivity index is -0.000000218. The second kappa shape index (κ2) is 17.8. The first-order chi connectivity index (χ1) is 7.54. The smallest absolute Gasteiger partial charge is 0.303 e. The van der Waals surface area contributed by atoms with Gasteiger partial charge >= 0.3 is 11.9 Å². The monoisotopic (exact) mass is 295 g/mol. The number of unbranched alkanes of at least 4 members (excludes halogenated alkanes) is 4.